The average Bonchev–Trinajstić information content (AvgIpc) is 3.41. The summed E-state index contributed by atoms with van der Waals surface area (Å²) in [6.07, 6.45) is 2.29. The van der Waals surface area contributed by atoms with Crippen LogP contribution in [-0.2, 0) is 4.79 Å². The molecule has 1 unspecified atom stereocenters. The van der Waals surface area contributed by atoms with Crippen LogP contribution in [0.2, 0.25) is 0 Å². The van der Waals surface area contributed by atoms with Crippen molar-refractivity contribution in [2.24, 2.45) is 0 Å². The second-order valence-corrected chi connectivity index (χ2v) is 7.89. The lowest BCUT2D eigenvalue weighted by molar-refractivity contribution is -0.131. The van der Waals surface area contributed by atoms with Gasteiger partial charge in [-0.15, -0.1) is 10.2 Å². The predicted octanol–water partition coefficient (Wildman–Crippen LogP) is 2.35. The monoisotopic (exact) mass is 383 g/mol. The van der Waals surface area contributed by atoms with Crippen molar-refractivity contribution in [3.8, 4) is 11.5 Å². The highest BCUT2D eigenvalue weighted by Crippen LogP contribution is 2.25. The van der Waals surface area contributed by atoms with Crippen molar-refractivity contribution in [2.45, 2.75) is 32.7 Å². The van der Waals surface area contributed by atoms with Crippen LogP contribution in [0.25, 0.3) is 11.5 Å². The third-order valence-corrected chi connectivity index (χ3v) is 5.87. The van der Waals surface area contributed by atoms with Crippen LogP contribution in [0.5, 0.6) is 0 Å². The van der Waals surface area contributed by atoms with Gasteiger partial charge in [0.2, 0.25) is 17.7 Å². The van der Waals surface area contributed by atoms with Gasteiger partial charge in [-0.05, 0) is 38.8 Å². The van der Waals surface area contributed by atoms with Gasteiger partial charge in [-0.2, -0.15) is 0 Å². The minimum Gasteiger partial charge on any atom is -0.419 e. The summed E-state index contributed by atoms with van der Waals surface area (Å²) in [5.74, 6) is 1.49. The van der Waals surface area contributed by atoms with E-state index in [9.17, 15) is 4.79 Å². The summed E-state index contributed by atoms with van der Waals surface area (Å²) in [5.41, 5.74) is 2.15. The second kappa shape index (κ2) is 8.41. The van der Waals surface area contributed by atoms with Gasteiger partial charge in [-0.25, -0.2) is 0 Å². The minimum atomic E-state index is 0.0723. The summed E-state index contributed by atoms with van der Waals surface area (Å²) in [5, 5.41) is 8.50. The third kappa shape index (κ3) is 4.25. The maximum atomic E-state index is 12.3. The lowest BCUT2D eigenvalue weighted by atomic mass is 10.1. The topological polar surface area (TPSA) is 65.7 Å². The van der Waals surface area contributed by atoms with Gasteiger partial charge < -0.3 is 9.32 Å². The van der Waals surface area contributed by atoms with Gasteiger partial charge in [0.25, 0.3) is 0 Å². The van der Waals surface area contributed by atoms with Crippen molar-refractivity contribution < 1.29 is 9.21 Å². The Morgan fingerprint density at radius 1 is 1.04 bits per heavy atom. The van der Waals surface area contributed by atoms with E-state index < -0.39 is 0 Å². The molecule has 1 aromatic carbocycles. The van der Waals surface area contributed by atoms with E-state index in [4.69, 9.17) is 4.42 Å². The molecular weight excluding hydrogens is 354 g/mol. The molecule has 150 valence electrons. The van der Waals surface area contributed by atoms with Crippen molar-refractivity contribution in [2.75, 3.05) is 45.8 Å². The number of benzene rings is 1. The molecule has 0 bridgehead atoms. The van der Waals surface area contributed by atoms with Crippen LogP contribution in [-0.4, -0.2) is 76.6 Å². The molecule has 2 aromatic rings. The predicted molar refractivity (Wildman–Crippen MR) is 107 cm³/mol. The Balaban J connectivity index is 1.31. The first-order valence-corrected chi connectivity index (χ1v) is 10.2. The Morgan fingerprint density at radius 3 is 2.39 bits per heavy atom. The molecule has 0 saturated carbocycles. The normalized spacial score (nSPS) is 19.9. The molecule has 1 amide bonds. The van der Waals surface area contributed by atoms with Gasteiger partial charge in [0.1, 0.15) is 0 Å². The van der Waals surface area contributed by atoms with Crippen LogP contribution in [0.3, 0.4) is 0 Å². The van der Waals surface area contributed by atoms with Crippen LogP contribution in [0, 0.1) is 6.92 Å². The van der Waals surface area contributed by atoms with Crippen LogP contribution in [0.15, 0.2) is 28.7 Å². The number of amides is 1. The first-order valence-electron chi connectivity index (χ1n) is 10.2. The highest BCUT2D eigenvalue weighted by molar-refractivity contribution is 5.78. The molecule has 2 saturated heterocycles. The highest BCUT2D eigenvalue weighted by Gasteiger charge is 2.28. The molecule has 0 N–H and O–H groups in total. The number of nitrogens with zero attached hydrogens (tertiary/aromatic N) is 5. The number of aromatic nitrogens is 2. The number of aryl methyl sites for hydroxylation is 1. The van der Waals surface area contributed by atoms with E-state index >= 15 is 0 Å². The summed E-state index contributed by atoms with van der Waals surface area (Å²) in [6, 6.07) is 8.18. The molecule has 3 heterocycles. The summed E-state index contributed by atoms with van der Waals surface area (Å²) >= 11 is 0. The van der Waals surface area contributed by atoms with E-state index in [1.54, 1.807) is 0 Å². The number of piperazine rings is 1. The van der Waals surface area contributed by atoms with Gasteiger partial charge in [-0.3, -0.25) is 14.6 Å². The molecule has 28 heavy (non-hydrogen) atoms. The Labute approximate surface area is 166 Å². The molecule has 1 atom stereocenters. The zero-order chi connectivity index (χ0) is 19.5. The van der Waals surface area contributed by atoms with E-state index in [1.807, 2.05) is 29.2 Å². The number of carbonyl (C=O) groups is 1. The standard InChI is InChI=1S/C21H29N5O2/c1-16-5-7-18(8-6-16)21-23-22-20(28-21)17(2)25-13-11-24(12-14-25)15-19(27)26-9-3-4-10-26/h5-8,17H,3-4,9-15H2,1-2H3. The fourth-order valence-corrected chi connectivity index (χ4v) is 3.94. The van der Waals surface area contributed by atoms with E-state index in [0.717, 1.165) is 57.7 Å². The molecule has 0 radical (unpaired) electrons. The Morgan fingerprint density at radius 2 is 1.71 bits per heavy atom. The molecule has 1 aromatic heterocycles. The number of likely N-dealkylation sites (tertiary alicyclic amines) is 1. The molecule has 0 spiro atoms. The number of hydrogen-bond acceptors (Lipinski definition) is 6. The van der Waals surface area contributed by atoms with Gasteiger partial charge in [-0.1, -0.05) is 17.7 Å². The molecule has 2 aliphatic heterocycles. The van der Waals surface area contributed by atoms with Crippen LogP contribution >= 0.6 is 0 Å². The van der Waals surface area contributed by atoms with Gasteiger partial charge in [0.05, 0.1) is 12.6 Å². The minimum absolute atomic E-state index is 0.0723. The molecule has 4 rings (SSSR count). The fourth-order valence-electron chi connectivity index (χ4n) is 3.94. The number of rotatable bonds is 5. The maximum Gasteiger partial charge on any atom is 0.247 e. The zero-order valence-electron chi connectivity index (χ0n) is 16.8. The van der Waals surface area contributed by atoms with Crippen LogP contribution in [0.4, 0.5) is 0 Å². The quantitative estimate of drug-likeness (QED) is 0.790. The van der Waals surface area contributed by atoms with Crippen molar-refractivity contribution in [3.05, 3.63) is 35.7 Å². The summed E-state index contributed by atoms with van der Waals surface area (Å²) in [7, 11) is 0. The summed E-state index contributed by atoms with van der Waals surface area (Å²) in [4.78, 5) is 19.0. The zero-order valence-corrected chi connectivity index (χ0v) is 16.8. The van der Waals surface area contributed by atoms with E-state index in [2.05, 4.69) is 33.8 Å². The Kier molecular flexibility index (Phi) is 5.73. The molecule has 2 aliphatic rings. The van der Waals surface area contributed by atoms with Crippen molar-refractivity contribution >= 4 is 5.91 Å². The van der Waals surface area contributed by atoms with Crippen LogP contribution < -0.4 is 0 Å². The van der Waals surface area contributed by atoms with Crippen molar-refractivity contribution in [1.29, 1.82) is 0 Å². The summed E-state index contributed by atoms with van der Waals surface area (Å²) in [6.45, 7) is 10.1. The molecular formula is C21H29N5O2. The number of hydrogen-bond donors (Lipinski definition) is 0. The number of carbonyl (C=O) groups excluding carboxylic acids is 1. The largest absolute Gasteiger partial charge is 0.419 e. The second-order valence-electron chi connectivity index (χ2n) is 7.89. The van der Waals surface area contributed by atoms with E-state index in [0.29, 0.717) is 18.3 Å². The lowest BCUT2D eigenvalue weighted by Crippen LogP contribution is -2.50. The van der Waals surface area contributed by atoms with Crippen molar-refractivity contribution in [3.63, 3.8) is 0 Å². The first kappa shape index (κ1) is 19.1. The molecule has 7 heteroatoms. The smallest absolute Gasteiger partial charge is 0.247 e. The first-order chi connectivity index (χ1) is 13.6. The fraction of sp³-hybridized carbons (Fsp3) is 0.571. The molecule has 0 aliphatic carbocycles. The third-order valence-electron chi connectivity index (χ3n) is 5.87. The van der Waals surface area contributed by atoms with Crippen LogP contribution in [0.1, 0.15) is 37.3 Å². The average molecular weight is 383 g/mol. The summed E-state index contributed by atoms with van der Waals surface area (Å²) < 4.78 is 5.95. The van der Waals surface area contributed by atoms with Crippen molar-refractivity contribution in [1.82, 2.24) is 24.9 Å². The Bertz CT molecular complexity index is 789. The van der Waals surface area contributed by atoms with Gasteiger partial charge >= 0.3 is 0 Å². The highest BCUT2D eigenvalue weighted by atomic mass is 16.4. The lowest BCUT2D eigenvalue weighted by Gasteiger charge is -2.37. The molecule has 2 fully saturated rings. The van der Waals surface area contributed by atoms with E-state index in [-0.39, 0.29) is 11.9 Å². The Hall–Kier alpha value is -2.25. The van der Waals surface area contributed by atoms with E-state index in [1.165, 1.54) is 5.56 Å². The SMILES string of the molecule is Cc1ccc(-c2nnc(C(C)N3CCN(CC(=O)N4CCCC4)CC3)o2)cc1. The molecule has 7 nitrogen and oxygen atoms in total. The maximum absolute atomic E-state index is 12.3. The van der Waals surface area contributed by atoms with Gasteiger partial charge in [0, 0.05) is 44.8 Å². The van der Waals surface area contributed by atoms with Gasteiger partial charge in [0.15, 0.2) is 0 Å².